The Balaban J connectivity index is 1.99. The Bertz CT molecular complexity index is 372. The SMILES string of the molecule is CCN(CC1CCCCN1)S(=O)(=O)N1CCCCCC1. The number of rotatable bonds is 5. The molecule has 1 unspecified atom stereocenters. The molecule has 2 aliphatic heterocycles. The molecule has 2 heterocycles. The molecule has 0 radical (unpaired) electrons. The second-order valence-corrected chi connectivity index (χ2v) is 7.85. The van der Waals surface area contributed by atoms with Crippen LogP contribution < -0.4 is 5.32 Å². The molecule has 0 amide bonds. The van der Waals surface area contributed by atoms with Crippen LogP contribution in [0, 0.1) is 0 Å². The third-order valence-corrected chi connectivity index (χ3v) is 6.48. The minimum Gasteiger partial charge on any atom is -0.313 e. The van der Waals surface area contributed by atoms with E-state index in [9.17, 15) is 8.42 Å². The lowest BCUT2D eigenvalue weighted by molar-refractivity contribution is 0.295. The van der Waals surface area contributed by atoms with Crippen molar-refractivity contribution in [2.24, 2.45) is 0 Å². The summed E-state index contributed by atoms with van der Waals surface area (Å²) in [6.07, 6.45) is 7.81. The summed E-state index contributed by atoms with van der Waals surface area (Å²) >= 11 is 0. The van der Waals surface area contributed by atoms with Gasteiger partial charge in [-0.25, -0.2) is 0 Å². The number of likely N-dealkylation sites (N-methyl/N-ethyl adjacent to an activating group) is 1. The second-order valence-electron chi connectivity index (χ2n) is 5.92. The van der Waals surface area contributed by atoms with Gasteiger partial charge in [-0.15, -0.1) is 0 Å². The van der Waals surface area contributed by atoms with Gasteiger partial charge in [0.25, 0.3) is 10.2 Å². The van der Waals surface area contributed by atoms with Crippen molar-refractivity contribution in [2.45, 2.75) is 57.9 Å². The van der Waals surface area contributed by atoms with Crippen LogP contribution in [0.3, 0.4) is 0 Å². The van der Waals surface area contributed by atoms with Crippen LogP contribution in [0.15, 0.2) is 0 Å². The van der Waals surface area contributed by atoms with Gasteiger partial charge < -0.3 is 5.32 Å². The lowest BCUT2D eigenvalue weighted by atomic mass is 10.1. The average Bonchev–Trinajstić information content (AvgIpc) is 2.75. The molecule has 2 saturated heterocycles. The number of hydrogen-bond donors (Lipinski definition) is 1. The fourth-order valence-electron chi connectivity index (χ4n) is 3.15. The van der Waals surface area contributed by atoms with Crippen molar-refractivity contribution >= 4 is 10.2 Å². The van der Waals surface area contributed by atoms with E-state index < -0.39 is 10.2 Å². The fourth-order valence-corrected chi connectivity index (χ4v) is 4.89. The van der Waals surface area contributed by atoms with Gasteiger partial charge in [-0.05, 0) is 32.2 Å². The maximum Gasteiger partial charge on any atom is 0.282 e. The molecule has 0 aromatic carbocycles. The summed E-state index contributed by atoms with van der Waals surface area (Å²) in [7, 11) is -3.27. The zero-order valence-electron chi connectivity index (χ0n) is 12.7. The summed E-state index contributed by atoms with van der Waals surface area (Å²) in [5.74, 6) is 0. The molecule has 1 N–H and O–H groups in total. The van der Waals surface area contributed by atoms with Crippen LogP contribution in [0.2, 0.25) is 0 Å². The Labute approximate surface area is 123 Å². The highest BCUT2D eigenvalue weighted by molar-refractivity contribution is 7.86. The molecular weight excluding hydrogens is 274 g/mol. The van der Waals surface area contributed by atoms with E-state index in [2.05, 4.69) is 5.32 Å². The van der Waals surface area contributed by atoms with Gasteiger partial charge in [0.15, 0.2) is 0 Å². The number of hydrogen-bond acceptors (Lipinski definition) is 3. The molecule has 118 valence electrons. The van der Waals surface area contributed by atoms with E-state index in [1.54, 1.807) is 8.61 Å². The van der Waals surface area contributed by atoms with E-state index in [-0.39, 0.29) is 0 Å². The summed E-state index contributed by atoms with van der Waals surface area (Å²) in [5.41, 5.74) is 0. The van der Waals surface area contributed by atoms with Crippen molar-refractivity contribution in [3.8, 4) is 0 Å². The van der Waals surface area contributed by atoms with Gasteiger partial charge >= 0.3 is 0 Å². The van der Waals surface area contributed by atoms with Crippen molar-refractivity contribution in [2.75, 3.05) is 32.7 Å². The van der Waals surface area contributed by atoms with Gasteiger partial charge in [-0.2, -0.15) is 17.0 Å². The minimum atomic E-state index is -3.27. The molecular formula is C14H29N3O2S. The second kappa shape index (κ2) is 7.73. The van der Waals surface area contributed by atoms with Gasteiger partial charge in [0, 0.05) is 32.2 Å². The Kier molecular flexibility index (Phi) is 6.26. The van der Waals surface area contributed by atoms with E-state index in [4.69, 9.17) is 0 Å². The molecule has 1 atom stereocenters. The minimum absolute atomic E-state index is 0.324. The summed E-state index contributed by atoms with van der Waals surface area (Å²) in [4.78, 5) is 0. The zero-order chi connectivity index (χ0) is 14.4. The quantitative estimate of drug-likeness (QED) is 0.839. The zero-order valence-corrected chi connectivity index (χ0v) is 13.5. The molecule has 2 rings (SSSR count). The predicted molar refractivity (Wildman–Crippen MR) is 81.8 cm³/mol. The normalized spacial score (nSPS) is 26.6. The first-order valence-corrected chi connectivity index (χ1v) is 9.53. The third-order valence-electron chi connectivity index (χ3n) is 4.41. The molecule has 0 spiro atoms. The molecule has 0 saturated carbocycles. The maximum absolute atomic E-state index is 12.8. The predicted octanol–water partition coefficient (Wildman–Crippen LogP) is 1.57. The van der Waals surface area contributed by atoms with E-state index in [1.807, 2.05) is 6.92 Å². The summed E-state index contributed by atoms with van der Waals surface area (Å²) in [6.45, 7) is 5.53. The van der Waals surface area contributed by atoms with E-state index in [0.717, 1.165) is 38.6 Å². The number of piperidine rings is 1. The summed E-state index contributed by atoms with van der Waals surface area (Å²) in [6, 6.07) is 0.324. The molecule has 0 aromatic rings. The van der Waals surface area contributed by atoms with Gasteiger partial charge in [0.05, 0.1) is 0 Å². The highest BCUT2D eigenvalue weighted by Crippen LogP contribution is 2.18. The Morgan fingerprint density at radius 1 is 1.10 bits per heavy atom. The van der Waals surface area contributed by atoms with Crippen LogP contribution in [-0.4, -0.2) is 55.8 Å². The summed E-state index contributed by atoms with van der Waals surface area (Å²) < 4.78 is 28.9. The standard InChI is InChI=1S/C14H29N3O2S/c1-2-16(13-14-9-5-6-10-15-14)20(18,19)17-11-7-3-4-8-12-17/h14-15H,2-13H2,1H3. The molecule has 0 aliphatic carbocycles. The maximum atomic E-state index is 12.8. The molecule has 0 aromatic heterocycles. The van der Waals surface area contributed by atoms with E-state index >= 15 is 0 Å². The molecule has 2 fully saturated rings. The summed E-state index contributed by atoms with van der Waals surface area (Å²) in [5, 5.41) is 3.45. The monoisotopic (exact) mass is 303 g/mol. The van der Waals surface area contributed by atoms with Crippen LogP contribution >= 0.6 is 0 Å². The molecule has 5 nitrogen and oxygen atoms in total. The molecule has 2 aliphatic rings. The first-order valence-electron chi connectivity index (χ1n) is 8.13. The Morgan fingerprint density at radius 2 is 1.80 bits per heavy atom. The Morgan fingerprint density at radius 3 is 2.35 bits per heavy atom. The van der Waals surface area contributed by atoms with Crippen molar-refractivity contribution in [1.82, 2.24) is 13.9 Å². The first-order chi connectivity index (χ1) is 9.64. The average molecular weight is 303 g/mol. The van der Waals surface area contributed by atoms with Crippen LogP contribution in [0.1, 0.15) is 51.9 Å². The highest BCUT2D eigenvalue weighted by Gasteiger charge is 2.30. The molecule has 0 bridgehead atoms. The lowest BCUT2D eigenvalue weighted by Gasteiger charge is -2.32. The van der Waals surface area contributed by atoms with Gasteiger partial charge in [0.1, 0.15) is 0 Å². The van der Waals surface area contributed by atoms with Crippen LogP contribution in [0.5, 0.6) is 0 Å². The van der Waals surface area contributed by atoms with Gasteiger partial charge in [-0.3, -0.25) is 0 Å². The van der Waals surface area contributed by atoms with Crippen molar-refractivity contribution < 1.29 is 8.42 Å². The number of nitrogens with zero attached hydrogens (tertiary/aromatic N) is 2. The topological polar surface area (TPSA) is 52.7 Å². The van der Waals surface area contributed by atoms with Crippen LogP contribution in [0.25, 0.3) is 0 Å². The first kappa shape index (κ1) is 16.2. The fraction of sp³-hybridized carbons (Fsp3) is 1.00. The smallest absolute Gasteiger partial charge is 0.282 e. The van der Waals surface area contributed by atoms with Crippen molar-refractivity contribution in [3.05, 3.63) is 0 Å². The van der Waals surface area contributed by atoms with E-state index in [0.29, 0.717) is 32.2 Å². The number of nitrogens with one attached hydrogen (secondary N) is 1. The van der Waals surface area contributed by atoms with Crippen LogP contribution in [-0.2, 0) is 10.2 Å². The Hall–Kier alpha value is -0.170. The lowest BCUT2D eigenvalue weighted by Crippen LogP contribution is -2.50. The van der Waals surface area contributed by atoms with Crippen molar-refractivity contribution in [1.29, 1.82) is 0 Å². The molecule has 20 heavy (non-hydrogen) atoms. The third kappa shape index (κ3) is 4.16. The van der Waals surface area contributed by atoms with Gasteiger partial charge in [-0.1, -0.05) is 26.2 Å². The van der Waals surface area contributed by atoms with E-state index in [1.165, 1.54) is 12.8 Å². The highest BCUT2D eigenvalue weighted by atomic mass is 32.2. The van der Waals surface area contributed by atoms with Crippen LogP contribution in [0.4, 0.5) is 0 Å². The van der Waals surface area contributed by atoms with Crippen molar-refractivity contribution in [3.63, 3.8) is 0 Å². The van der Waals surface area contributed by atoms with Gasteiger partial charge in [0.2, 0.25) is 0 Å². The largest absolute Gasteiger partial charge is 0.313 e. The molecule has 6 heteroatoms.